The van der Waals surface area contributed by atoms with Crippen molar-refractivity contribution in [1.29, 1.82) is 0 Å². The Balaban J connectivity index is 1.94. The van der Waals surface area contributed by atoms with E-state index in [1.165, 1.54) is 12.0 Å². The predicted octanol–water partition coefficient (Wildman–Crippen LogP) is 3.69. The van der Waals surface area contributed by atoms with Crippen LogP contribution in [-0.2, 0) is 9.47 Å². The minimum atomic E-state index is 0.00435. The van der Waals surface area contributed by atoms with Crippen LogP contribution >= 0.6 is 15.9 Å². The molecule has 0 bridgehead atoms. The van der Waals surface area contributed by atoms with Crippen LogP contribution in [-0.4, -0.2) is 29.7 Å². The first-order valence-electron chi connectivity index (χ1n) is 7.02. The minimum absolute atomic E-state index is 0.00435. The lowest BCUT2D eigenvalue weighted by molar-refractivity contribution is -0.150. The monoisotopic (exact) mass is 314 g/mol. The first-order chi connectivity index (χ1) is 8.43. The van der Waals surface area contributed by atoms with E-state index in [0.29, 0.717) is 10.7 Å². The van der Waals surface area contributed by atoms with Gasteiger partial charge in [0.15, 0.2) is 0 Å². The molecule has 0 amide bonds. The number of fused-ring (bicyclic) bond motifs is 2. The van der Waals surface area contributed by atoms with Gasteiger partial charge in [0.05, 0.1) is 18.8 Å². The van der Waals surface area contributed by atoms with Crippen molar-refractivity contribution in [3.63, 3.8) is 0 Å². The summed E-state index contributed by atoms with van der Waals surface area (Å²) >= 11 is 3.88. The predicted molar refractivity (Wildman–Crippen MR) is 76.0 cm³/mol. The number of hydrogen-bond acceptors (Lipinski definition) is 2. The van der Waals surface area contributed by atoms with Crippen LogP contribution in [0.4, 0.5) is 0 Å². The van der Waals surface area contributed by atoms with E-state index in [0.717, 1.165) is 26.1 Å². The molecule has 2 unspecified atom stereocenters. The molecule has 0 aromatic carbocycles. The molecule has 0 aromatic rings. The standard InChI is InChI=1S/C15H23BrO2/c1-14(2)12-5-4-10-8-17-9-11(10)18-15(12,3)7-6-13(14)16/h4,11-13H,5-9H2,1-3H3/t11?,12?,13-,15-/m0/s1. The molecule has 1 aliphatic carbocycles. The number of rotatable bonds is 0. The summed E-state index contributed by atoms with van der Waals surface area (Å²) in [5.74, 6) is 0.584. The number of allylic oxidation sites excluding steroid dienone is 1. The molecule has 0 N–H and O–H groups in total. The topological polar surface area (TPSA) is 18.5 Å². The van der Waals surface area contributed by atoms with E-state index in [1.54, 1.807) is 0 Å². The third-order valence-electron chi connectivity index (χ3n) is 5.32. The average molecular weight is 315 g/mol. The summed E-state index contributed by atoms with van der Waals surface area (Å²) < 4.78 is 12.0. The molecule has 2 heterocycles. The van der Waals surface area contributed by atoms with E-state index < -0.39 is 0 Å². The van der Waals surface area contributed by atoms with Crippen LogP contribution in [0.25, 0.3) is 0 Å². The highest BCUT2D eigenvalue weighted by Gasteiger charge is 2.53. The fraction of sp³-hybridized carbons (Fsp3) is 0.867. The Labute approximate surface area is 118 Å². The van der Waals surface area contributed by atoms with Crippen LogP contribution in [0.3, 0.4) is 0 Å². The highest BCUT2D eigenvalue weighted by atomic mass is 79.9. The number of hydrogen-bond donors (Lipinski definition) is 0. The van der Waals surface area contributed by atoms with Crippen LogP contribution in [0.5, 0.6) is 0 Å². The zero-order valence-corrected chi connectivity index (χ0v) is 13.1. The second-order valence-corrected chi connectivity index (χ2v) is 7.93. The molecule has 3 heteroatoms. The average Bonchev–Trinajstić information content (AvgIpc) is 2.66. The van der Waals surface area contributed by atoms with Crippen LogP contribution < -0.4 is 0 Å². The zero-order chi connectivity index (χ0) is 13.0. The summed E-state index contributed by atoms with van der Waals surface area (Å²) in [4.78, 5) is 0.597. The lowest BCUT2D eigenvalue weighted by Crippen LogP contribution is -2.53. The zero-order valence-electron chi connectivity index (χ0n) is 11.5. The van der Waals surface area contributed by atoms with E-state index in [2.05, 4.69) is 42.8 Å². The normalized spacial score (nSPS) is 46.9. The number of alkyl halides is 1. The second-order valence-electron chi connectivity index (χ2n) is 6.83. The number of halogens is 1. The van der Waals surface area contributed by atoms with Gasteiger partial charge in [0.25, 0.3) is 0 Å². The van der Waals surface area contributed by atoms with Crippen molar-refractivity contribution in [2.24, 2.45) is 11.3 Å². The van der Waals surface area contributed by atoms with Crippen LogP contribution in [0.2, 0.25) is 0 Å². The van der Waals surface area contributed by atoms with Gasteiger partial charge in [0, 0.05) is 4.83 Å². The Bertz CT molecular complexity index is 377. The van der Waals surface area contributed by atoms with E-state index in [4.69, 9.17) is 9.47 Å². The maximum absolute atomic E-state index is 6.50. The Kier molecular flexibility index (Phi) is 3.15. The summed E-state index contributed by atoms with van der Waals surface area (Å²) in [6.45, 7) is 8.59. The Hall–Kier alpha value is 0.140. The molecule has 18 heavy (non-hydrogen) atoms. The molecule has 0 radical (unpaired) electrons. The molecule has 3 rings (SSSR count). The molecule has 0 aromatic heterocycles. The van der Waals surface area contributed by atoms with Crippen molar-refractivity contribution in [3.8, 4) is 0 Å². The van der Waals surface area contributed by atoms with E-state index in [1.807, 2.05) is 0 Å². The minimum Gasteiger partial charge on any atom is -0.374 e. The molecule has 2 fully saturated rings. The van der Waals surface area contributed by atoms with Gasteiger partial charge in [-0.15, -0.1) is 0 Å². The van der Waals surface area contributed by atoms with Crippen molar-refractivity contribution in [2.75, 3.05) is 13.2 Å². The fourth-order valence-electron chi connectivity index (χ4n) is 4.04. The highest BCUT2D eigenvalue weighted by molar-refractivity contribution is 9.09. The molecular formula is C15H23BrO2. The Morgan fingerprint density at radius 3 is 2.89 bits per heavy atom. The van der Waals surface area contributed by atoms with Gasteiger partial charge in [-0.25, -0.2) is 0 Å². The summed E-state index contributed by atoms with van der Waals surface area (Å²) in [5.41, 5.74) is 1.65. The van der Waals surface area contributed by atoms with Crippen LogP contribution in [0.1, 0.15) is 40.0 Å². The maximum atomic E-state index is 6.50. The fourth-order valence-corrected chi connectivity index (χ4v) is 4.58. The van der Waals surface area contributed by atoms with Gasteiger partial charge in [-0.2, -0.15) is 0 Å². The van der Waals surface area contributed by atoms with E-state index in [-0.39, 0.29) is 17.1 Å². The molecule has 102 valence electrons. The van der Waals surface area contributed by atoms with Crippen molar-refractivity contribution in [1.82, 2.24) is 0 Å². The molecule has 3 aliphatic rings. The Morgan fingerprint density at radius 1 is 1.33 bits per heavy atom. The summed E-state index contributed by atoms with van der Waals surface area (Å²) in [7, 11) is 0. The summed E-state index contributed by atoms with van der Waals surface area (Å²) in [6.07, 6.45) is 6.07. The maximum Gasteiger partial charge on any atom is 0.105 e. The molecular weight excluding hydrogens is 292 g/mol. The van der Waals surface area contributed by atoms with Crippen molar-refractivity contribution < 1.29 is 9.47 Å². The molecule has 1 saturated carbocycles. The largest absolute Gasteiger partial charge is 0.374 e. The summed E-state index contributed by atoms with van der Waals surface area (Å²) in [5, 5.41) is 0. The van der Waals surface area contributed by atoms with Crippen molar-refractivity contribution in [3.05, 3.63) is 11.6 Å². The summed E-state index contributed by atoms with van der Waals surface area (Å²) in [6, 6.07) is 0. The first-order valence-corrected chi connectivity index (χ1v) is 7.93. The highest BCUT2D eigenvalue weighted by Crippen LogP contribution is 2.54. The Morgan fingerprint density at radius 2 is 2.11 bits per heavy atom. The van der Waals surface area contributed by atoms with Gasteiger partial charge in [0.2, 0.25) is 0 Å². The van der Waals surface area contributed by atoms with Gasteiger partial charge in [-0.1, -0.05) is 35.9 Å². The van der Waals surface area contributed by atoms with Crippen LogP contribution in [0.15, 0.2) is 11.6 Å². The molecule has 0 spiro atoms. The first kappa shape index (κ1) is 13.1. The van der Waals surface area contributed by atoms with E-state index >= 15 is 0 Å². The van der Waals surface area contributed by atoms with Crippen molar-refractivity contribution in [2.45, 2.75) is 56.6 Å². The van der Waals surface area contributed by atoms with Gasteiger partial charge >= 0.3 is 0 Å². The third-order valence-corrected chi connectivity index (χ3v) is 6.95. The van der Waals surface area contributed by atoms with Gasteiger partial charge in [0.1, 0.15) is 6.10 Å². The molecule has 2 nitrogen and oxygen atoms in total. The van der Waals surface area contributed by atoms with Crippen LogP contribution in [0, 0.1) is 11.3 Å². The second kappa shape index (κ2) is 4.32. The molecule has 4 atom stereocenters. The lowest BCUT2D eigenvalue weighted by Gasteiger charge is -2.52. The molecule has 1 saturated heterocycles. The lowest BCUT2D eigenvalue weighted by atomic mass is 9.60. The quantitative estimate of drug-likeness (QED) is 0.501. The van der Waals surface area contributed by atoms with Gasteiger partial charge in [-0.3, -0.25) is 0 Å². The van der Waals surface area contributed by atoms with Gasteiger partial charge < -0.3 is 9.47 Å². The van der Waals surface area contributed by atoms with E-state index in [9.17, 15) is 0 Å². The van der Waals surface area contributed by atoms with Crippen molar-refractivity contribution >= 4 is 15.9 Å². The smallest absolute Gasteiger partial charge is 0.105 e. The third kappa shape index (κ3) is 1.90. The molecule has 2 aliphatic heterocycles. The SMILES string of the molecule is CC1(C)C2CC=C3COCC3O[C@@]2(C)CC[C@@H]1Br. The van der Waals surface area contributed by atoms with Gasteiger partial charge in [-0.05, 0) is 43.1 Å². The number of ether oxygens (including phenoxy) is 2.